The van der Waals surface area contributed by atoms with E-state index in [1.165, 1.54) is 0 Å². The Morgan fingerprint density at radius 2 is 2.06 bits per heavy atom. The predicted octanol–water partition coefficient (Wildman–Crippen LogP) is 1.58. The predicted molar refractivity (Wildman–Crippen MR) is 73.6 cm³/mol. The second-order valence-corrected chi connectivity index (χ2v) is 6.01. The summed E-state index contributed by atoms with van der Waals surface area (Å²) in [4.78, 5) is 0.242. The molecule has 18 heavy (non-hydrogen) atoms. The highest BCUT2D eigenvalue weighted by atomic mass is 32.2. The van der Waals surface area contributed by atoms with Crippen LogP contribution in [0.25, 0.3) is 0 Å². The van der Waals surface area contributed by atoms with Crippen LogP contribution in [0, 0.1) is 26.2 Å². The maximum absolute atomic E-state index is 12.3. The zero-order chi connectivity index (χ0) is 13.9. The molecule has 1 unspecified atom stereocenters. The zero-order valence-electron chi connectivity index (χ0n) is 10.8. The summed E-state index contributed by atoms with van der Waals surface area (Å²) in [6, 6.07) is 3.09. The summed E-state index contributed by atoms with van der Waals surface area (Å²) in [6.07, 6.45) is 5.51. The maximum Gasteiger partial charge on any atom is 0.241 e. The molecule has 98 valence electrons. The largest absolute Gasteiger partial charge is 0.398 e. The van der Waals surface area contributed by atoms with Gasteiger partial charge < -0.3 is 5.73 Å². The highest BCUT2D eigenvalue weighted by Gasteiger charge is 2.22. The number of benzene rings is 1. The van der Waals surface area contributed by atoms with Crippen molar-refractivity contribution in [2.24, 2.45) is 0 Å². The van der Waals surface area contributed by atoms with Gasteiger partial charge in [0.25, 0.3) is 0 Å². The number of nitrogens with one attached hydrogen (secondary N) is 1. The van der Waals surface area contributed by atoms with Gasteiger partial charge in [-0.25, -0.2) is 13.1 Å². The summed E-state index contributed by atoms with van der Waals surface area (Å²) in [7, 11) is -3.59. The number of nitrogens with two attached hydrogens (primary N) is 1. The van der Waals surface area contributed by atoms with Crippen LogP contribution in [0.3, 0.4) is 0 Å². The number of aryl methyl sites for hydroxylation is 1. The summed E-state index contributed by atoms with van der Waals surface area (Å²) in [6.45, 7) is 5.17. The minimum atomic E-state index is -3.59. The molecule has 0 heterocycles. The molecule has 0 aliphatic carbocycles. The van der Waals surface area contributed by atoms with E-state index in [0.717, 1.165) is 0 Å². The van der Waals surface area contributed by atoms with Crippen molar-refractivity contribution in [3.63, 3.8) is 0 Å². The van der Waals surface area contributed by atoms with E-state index in [0.29, 0.717) is 23.2 Å². The van der Waals surface area contributed by atoms with E-state index in [4.69, 9.17) is 12.2 Å². The zero-order valence-corrected chi connectivity index (χ0v) is 11.6. The summed E-state index contributed by atoms with van der Waals surface area (Å²) in [5.74, 6) is 2.43. The molecule has 4 nitrogen and oxygen atoms in total. The third kappa shape index (κ3) is 3.03. The Morgan fingerprint density at radius 3 is 2.61 bits per heavy atom. The van der Waals surface area contributed by atoms with Gasteiger partial charge in [0, 0.05) is 18.2 Å². The van der Waals surface area contributed by atoms with Crippen molar-refractivity contribution in [3.8, 4) is 12.3 Å². The van der Waals surface area contributed by atoms with Crippen molar-refractivity contribution in [1.82, 2.24) is 4.72 Å². The Labute approximate surface area is 109 Å². The van der Waals surface area contributed by atoms with Gasteiger partial charge in [-0.15, -0.1) is 12.3 Å². The fourth-order valence-corrected chi connectivity index (χ4v) is 3.54. The first-order valence-corrected chi connectivity index (χ1v) is 7.09. The monoisotopic (exact) mass is 266 g/mol. The normalized spacial score (nSPS) is 13.0. The van der Waals surface area contributed by atoms with E-state index in [9.17, 15) is 8.42 Å². The van der Waals surface area contributed by atoms with Gasteiger partial charge in [0.2, 0.25) is 10.0 Å². The Morgan fingerprint density at radius 1 is 1.44 bits per heavy atom. The molecular formula is C13H18N2O2S. The summed E-state index contributed by atoms with van der Waals surface area (Å²) < 4.78 is 27.1. The third-order valence-corrected chi connectivity index (χ3v) is 4.57. The van der Waals surface area contributed by atoms with Crippen molar-refractivity contribution in [2.45, 2.75) is 38.1 Å². The van der Waals surface area contributed by atoms with Gasteiger partial charge in [0.15, 0.2) is 0 Å². The van der Waals surface area contributed by atoms with Crippen LogP contribution in [-0.4, -0.2) is 14.5 Å². The first-order valence-electron chi connectivity index (χ1n) is 5.61. The van der Waals surface area contributed by atoms with Crippen LogP contribution >= 0.6 is 0 Å². The molecule has 5 heteroatoms. The topological polar surface area (TPSA) is 72.2 Å². The molecule has 3 N–H and O–H groups in total. The summed E-state index contributed by atoms with van der Waals surface area (Å²) in [5.41, 5.74) is 7.45. The molecular weight excluding hydrogens is 248 g/mol. The van der Waals surface area contributed by atoms with Crippen LogP contribution in [0.5, 0.6) is 0 Å². The van der Waals surface area contributed by atoms with Crippen LogP contribution in [0.15, 0.2) is 17.0 Å². The molecule has 1 aromatic rings. The highest BCUT2D eigenvalue weighted by molar-refractivity contribution is 7.89. The molecule has 0 aromatic heterocycles. The fourth-order valence-electron chi connectivity index (χ4n) is 1.80. The number of anilines is 1. The van der Waals surface area contributed by atoms with Crippen molar-refractivity contribution in [3.05, 3.63) is 23.3 Å². The molecule has 0 bridgehead atoms. The fraction of sp³-hybridized carbons (Fsp3) is 0.385. The number of terminal acetylenes is 1. The Hall–Kier alpha value is -1.51. The average molecular weight is 266 g/mol. The van der Waals surface area contributed by atoms with E-state index < -0.39 is 10.0 Å². The minimum Gasteiger partial charge on any atom is -0.398 e. The molecule has 0 amide bonds. The second kappa shape index (κ2) is 5.42. The lowest BCUT2D eigenvalue weighted by molar-refractivity contribution is 0.562. The van der Waals surface area contributed by atoms with Gasteiger partial charge in [0.1, 0.15) is 0 Å². The maximum atomic E-state index is 12.3. The lowest BCUT2D eigenvalue weighted by atomic mass is 10.1. The number of hydrogen-bond acceptors (Lipinski definition) is 3. The SMILES string of the molecule is C#CCC(C)NS(=O)(=O)c1c(C)ccc(N)c1C. The first-order chi connectivity index (χ1) is 8.29. The van der Waals surface area contributed by atoms with Crippen molar-refractivity contribution in [1.29, 1.82) is 0 Å². The van der Waals surface area contributed by atoms with Gasteiger partial charge in [-0.1, -0.05) is 6.07 Å². The molecule has 1 atom stereocenters. The van der Waals surface area contributed by atoms with Gasteiger partial charge in [-0.05, 0) is 38.0 Å². The van der Waals surface area contributed by atoms with E-state index in [-0.39, 0.29) is 10.9 Å². The van der Waals surface area contributed by atoms with Gasteiger partial charge in [-0.3, -0.25) is 0 Å². The minimum absolute atomic E-state index is 0.242. The number of rotatable bonds is 4. The van der Waals surface area contributed by atoms with E-state index in [1.54, 1.807) is 32.9 Å². The van der Waals surface area contributed by atoms with Gasteiger partial charge >= 0.3 is 0 Å². The lowest BCUT2D eigenvalue weighted by Gasteiger charge is -2.16. The van der Waals surface area contributed by atoms with Gasteiger partial charge in [-0.2, -0.15) is 0 Å². The molecule has 0 saturated heterocycles. The van der Waals surface area contributed by atoms with Crippen LogP contribution in [0.4, 0.5) is 5.69 Å². The molecule has 0 aliphatic heterocycles. The van der Waals surface area contributed by atoms with Crippen LogP contribution in [0.1, 0.15) is 24.5 Å². The van der Waals surface area contributed by atoms with Crippen LogP contribution in [-0.2, 0) is 10.0 Å². The molecule has 0 aliphatic rings. The Kier molecular flexibility index (Phi) is 4.38. The smallest absolute Gasteiger partial charge is 0.241 e. The quantitative estimate of drug-likeness (QED) is 0.642. The van der Waals surface area contributed by atoms with Gasteiger partial charge in [0.05, 0.1) is 4.90 Å². The second-order valence-electron chi connectivity index (χ2n) is 4.36. The third-order valence-electron chi connectivity index (χ3n) is 2.69. The van der Waals surface area contributed by atoms with E-state index >= 15 is 0 Å². The van der Waals surface area contributed by atoms with Crippen LogP contribution < -0.4 is 10.5 Å². The van der Waals surface area contributed by atoms with Crippen molar-refractivity contribution >= 4 is 15.7 Å². The first kappa shape index (κ1) is 14.6. The molecule has 0 spiro atoms. The molecule has 0 fully saturated rings. The highest BCUT2D eigenvalue weighted by Crippen LogP contribution is 2.24. The van der Waals surface area contributed by atoms with Crippen molar-refractivity contribution in [2.75, 3.05) is 5.73 Å². The van der Waals surface area contributed by atoms with Crippen LogP contribution in [0.2, 0.25) is 0 Å². The lowest BCUT2D eigenvalue weighted by Crippen LogP contribution is -2.33. The van der Waals surface area contributed by atoms with Crippen molar-refractivity contribution < 1.29 is 8.42 Å². The van der Waals surface area contributed by atoms with E-state index in [2.05, 4.69) is 10.6 Å². The summed E-state index contributed by atoms with van der Waals surface area (Å²) >= 11 is 0. The Balaban J connectivity index is 3.22. The van der Waals surface area contributed by atoms with E-state index in [1.807, 2.05) is 0 Å². The number of nitrogen functional groups attached to an aromatic ring is 1. The number of hydrogen-bond donors (Lipinski definition) is 2. The molecule has 0 saturated carbocycles. The average Bonchev–Trinajstić information content (AvgIpc) is 2.23. The Bertz CT molecular complexity index is 586. The standard InChI is InChI=1S/C13H18N2O2S/c1-5-6-10(3)15-18(16,17)13-9(2)7-8-12(14)11(13)4/h1,7-8,10,15H,6,14H2,2-4H3. The number of sulfonamides is 1. The summed E-state index contributed by atoms with van der Waals surface area (Å²) in [5, 5.41) is 0. The molecule has 1 aromatic carbocycles. The molecule has 1 rings (SSSR count). The molecule has 0 radical (unpaired) electrons.